The van der Waals surface area contributed by atoms with E-state index in [0.717, 1.165) is 35.1 Å². The van der Waals surface area contributed by atoms with Crippen LogP contribution in [0.2, 0.25) is 0 Å². The molecule has 1 fully saturated rings. The minimum atomic E-state index is 0.227. The molecule has 1 atom stereocenters. The molecule has 1 unspecified atom stereocenters. The van der Waals surface area contributed by atoms with Crippen LogP contribution in [0.25, 0.3) is 0 Å². The van der Waals surface area contributed by atoms with E-state index in [1.807, 2.05) is 6.07 Å². The molecule has 0 bridgehead atoms. The van der Waals surface area contributed by atoms with Gasteiger partial charge in [-0.15, -0.1) is 0 Å². The zero-order valence-electron chi connectivity index (χ0n) is 9.19. The van der Waals surface area contributed by atoms with Crippen LogP contribution in [0.1, 0.15) is 18.4 Å². The topological polar surface area (TPSA) is 49.5 Å². The number of aliphatic hydroxyl groups is 1. The van der Waals surface area contributed by atoms with Gasteiger partial charge >= 0.3 is 0 Å². The van der Waals surface area contributed by atoms with Crippen LogP contribution in [-0.2, 0) is 6.54 Å². The van der Waals surface area contributed by atoms with Gasteiger partial charge in [-0.05, 0) is 46.5 Å². The lowest BCUT2D eigenvalue weighted by atomic mass is 10.2. The van der Waals surface area contributed by atoms with Crippen molar-refractivity contribution in [2.75, 3.05) is 18.1 Å². The Labute approximate surface area is 104 Å². The Balaban J connectivity index is 2.26. The van der Waals surface area contributed by atoms with Crippen molar-refractivity contribution < 1.29 is 5.11 Å². The van der Waals surface area contributed by atoms with Crippen LogP contribution in [0.3, 0.4) is 0 Å². The third kappa shape index (κ3) is 2.24. The number of hydrogen-bond acceptors (Lipinski definition) is 3. The van der Waals surface area contributed by atoms with Gasteiger partial charge < -0.3 is 15.7 Å². The Morgan fingerprint density at radius 2 is 2.31 bits per heavy atom. The monoisotopic (exact) mass is 284 g/mol. The van der Waals surface area contributed by atoms with Crippen LogP contribution in [0.4, 0.5) is 5.69 Å². The number of halogens is 1. The summed E-state index contributed by atoms with van der Waals surface area (Å²) < 4.78 is 1.07. The molecule has 3 N–H and O–H groups in total. The van der Waals surface area contributed by atoms with Gasteiger partial charge in [0.25, 0.3) is 0 Å². The fourth-order valence-corrected chi connectivity index (χ4v) is 2.91. The van der Waals surface area contributed by atoms with Gasteiger partial charge in [-0.2, -0.15) is 0 Å². The van der Waals surface area contributed by atoms with Crippen molar-refractivity contribution >= 4 is 21.6 Å². The summed E-state index contributed by atoms with van der Waals surface area (Å²) in [4.78, 5) is 2.27. The van der Waals surface area contributed by atoms with Crippen LogP contribution < -0.4 is 10.6 Å². The van der Waals surface area contributed by atoms with Gasteiger partial charge in [-0.3, -0.25) is 0 Å². The number of benzene rings is 1. The van der Waals surface area contributed by atoms with Crippen LogP contribution in [0.5, 0.6) is 0 Å². The van der Waals surface area contributed by atoms with E-state index < -0.39 is 0 Å². The zero-order valence-corrected chi connectivity index (χ0v) is 10.8. The summed E-state index contributed by atoms with van der Waals surface area (Å²) in [5.74, 6) is 0. The molecule has 1 aliphatic heterocycles. The molecule has 1 aliphatic rings. The van der Waals surface area contributed by atoms with E-state index in [0.29, 0.717) is 6.54 Å². The first-order valence-electron chi connectivity index (χ1n) is 5.62. The molecule has 1 saturated heterocycles. The predicted molar refractivity (Wildman–Crippen MR) is 69.5 cm³/mol. The molecule has 88 valence electrons. The van der Waals surface area contributed by atoms with Gasteiger partial charge in [0, 0.05) is 17.6 Å². The molecule has 4 heteroatoms. The van der Waals surface area contributed by atoms with Crippen molar-refractivity contribution in [1.29, 1.82) is 0 Å². The molecule has 0 aliphatic carbocycles. The van der Waals surface area contributed by atoms with Crippen LogP contribution in [-0.4, -0.2) is 24.3 Å². The zero-order chi connectivity index (χ0) is 11.5. The number of rotatable bonds is 3. The maximum atomic E-state index is 9.31. The van der Waals surface area contributed by atoms with Gasteiger partial charge in [-0.25, -0.2) is 0 Å². The highest BCUT2D eigenvalue weighted by Crippen LogP contribution is 2.32. The first-order chi connectivity index (χ1) is 7.76. The van der Waals surface area contributed by atoms with Gasteiger partial charge in [0.2, 0.25) is 0 Å². The number of nitrogens with two attached hydrogens (primary N) is 1. The molecule has 0 amide bonds. The van der Waals surface area contributed by atoms with Crippen LogP contribution >= 0.6 is 15.9 Å². The van der Waals surface area contributed by atoms with Gasteiger partial charge in [0.1, 0.15) is 0 Å². The number of anilines is 1. The highest BCUT2D eigenvalue weighted by molar-refractivity contribution is 9.10. The standard InChI is InChI=1S/C12H17BrN2O/c13-11-6-9(7-14)3-4-12(11)15-5-1-2-10(15)8-16/h3-4,6,10,16H,1-2,5,7-8,14H2. The van der Waals surface area contributed by atoms with Gasteiger partial charge in [0.15, 0.2) is 0 Å². The lowest BCUT2D eigenvalue weighted by Crippen LogP contribution is -2.32. The third-order valence-corrected chi connectivity index (χ3v) is 3.78. The average molecular weight is 285 g/mol. The van der Waals surface area contributed by atoms with E-state index in [-0.39, 0.29) is 12.6 Å². The summed E-state index contributed by atoms with van der Waals surface area (Å²) in [6, 6.07) is 6.45. The normalized spacial score (nSPS) is 20.4. The second kappa shape index (κ2) is 5.17. The smallest absolute Gasteiger partial charge is 0.0635 e. The highest BCUT2D eigenvalue weighted by Gasteiger charge is 2.25. The number of nitrogens with zero attached hydrogens (tertiary/aromatic N) is 1. The number of hydrogen-bond donors (Lipinski definition) is 2. The Morgan fingerprint density at radius 1 is 1.50 bits per heavy atom. The Hall–Kier alpha value is -0.580. The lowest BCUT2D eigenvalue weighted by Gasteiger charge is -2.26. The van der Waals surface area contributed by atoms with Gasteiger partial charge in [-0.1, -0.05) is 6.07 Å². The van der Waals surface area contributed by atoms with Crippen molar-refractivity contribution in [3.63, 3.8) is 0 Å². The minimum Gasteiger partial charge on any atom is -0.394 e. The van der Waals surface area contributed by atoms with E-state index in [1.165, 1.54) is 0 Å². The predicted octanol–water partition coefficient (Wildman–Crippen LogP) is 1.87. The average Bonchev–Trinajstić information content (AvgIpc) is 2.76. The molecule has 0 radical (unpaired) electrons. The second-order valence-corrected chi connectivity index (χ2v) is 5.02. The maximum absolute atomic E-state index is 9.31. The molecular weight excluding hydrogens is 268 g/mol. The van der Waals surface area contributed by atoms with E-state index in [9.17, 15) is 5.11 Å². The summed E-state index contributed by atoms with van der Waals surface area (Å²) in [7, 11) is 0. The van der Waals surface area contributed by atoms with E-state index in [1.54, 1.807) is 0 Å². The fraction of sp³-hybridized carbons (Fsp3) is 0.500. The summed E-state index contributed by atoms with van der Waals surface area (Å²) in [6.07, 6.45) is 2.22. The Morgan fingerprint density at radius 3 is 2.94 bits per heavy atom. The Kier molecular flexibility index (Phi) is 3.84. The maximum Gasteiger partial charge on any atom is 0.0635 e. The first-order valence-corrected chi connectivity index (χ1v) is 6.41. The summed E-state index contributed by atoms with van der Waals surface area (Å²) >= 11 is 3.58. The largest absolute Gasteiger partial charge is 0.394 e. The fourth-order valence-electron chi connectivity index (χ4n) is 2.25. The summed E-state index contributed by atoms with van der Waals surface area (Å²) in [6.45, 7) is 1.80. The Bertz CT molecular complexity index is 370. The molecule has 3 nitrogen and oxygen atoms in total. The van der Waals surface area contributed by atoms with Crippen molar-refractivity contribution in [3.05, 3.63) is 28.2 Å². The quantitative estimate of drug-likeness (QED) is 0.891. The summed E-state index contributed by atoms with van der Waals surface area (Å²) in [5.41, 5.74) is 7.88. The highest BCUT2D eigenvalue weighted by atomic mass is 79.9. The second-order valence-electron chi connectivity index (χ2n) is 4.16. The molecule has 1 aromatic carbocycles. The lowest BCUT2D eigenvalue weighted by molar-refractivity contribution is 0.266. The molecular formula is C12H17BrN2O. The van der Waals surface area contributed by atoms with E-state index >= 15 is 0 Å². The van der Waals surface area contributed by atoms with E-state index in [2.05, 4.69) is 33.0 Å². The van der Waals surface area contributed by atoms with Crippen molar-refractivity contribution in [1.82, 2.24) is 0 Å². The molecule has 2 rings (SSSR count). The van der Waals surface area contributed by atoms with Crippen molar-refractivity contribution in [2.24, 2.45) is 5.73 Å². The van der Waals surface area contributed by atoms with Gasteiger partial charge in [0.05, 0.1) is 18.3 Å². The SMILES string of the molecule is NCc1ccc(N2CCCC2CO)c(Br)c1. The van der Waals surface area contributed by atoms with Crippen LogP contribution in [0.15, 0.2) is 22.7 Å². The van der Waals surface area contributed by atoms with Crippen LogP contribution in [0, 0.1) is 0 Å². The molecule has 0 spiro atoms. The minimum absolute atomic E-state index is 0.227. The first kappa shape index (κ1) is 11.9. The number of aliphatic hydroxyl groups excluding tert-OH is 1. The molecule has 1 heterocycles. The molecule has 0 saturated carbocycles. The molecule has 0 aromatic heterocycles. The van der Waals surface area contributed by atoms with Crippen molar-refractivity contribution in [3.8, 4) is 0 Å². The summed E-state index contributed by atoms with van der Waals surface area (Å²) in [5, 5.41) is 9.31. The molecule has 16 heavy (non-hydrogen) atoms. The van der Waals surface area contributed by atoms with Crippen molar-refractivity contribution in [2.45, 2.75) is 25.4 Å². The third-order valence-electron chi connectivity index (χ3n) is 3.15. The van der Waals surface area contributed by atoms with E-state index in [4.69, 9.17) is 5.73 Å². The molecule has 1 aromatic rings.